The highest BCUT2D eigenvalue weighted by atomic mass is 127. The van der Waals surface area contributed by atoms with Crippen LogP contribution in [0.1, 0.15) is 35.4 Å². The lowest BCUT2D eigenvalue weighted by atomic mass is 9.76. The Balaban J connectivity index is 0.00000192. The number of halogens is 1. The summed E-state index contributed by atoms with van der Waals surface area (Å²) in [6, 6.07) is 17.3. The molecule has 0 bridgehead atoms. The van der Waals surface area contributed by atoms with Gasteiger partial charge in [-0.25, -0.2) is 4.99 Å². The SMILES string of the molecule is Cc1cc(C)cc(NC(N)=NC2CC(c3ccccc3)C2)c1.I. The van der Waals surface area contributed by atoms with Gasteiger partial charge in [0, 0.05) is 5.69 Å². The van der Waals surface area contributed by atoms with Crippen LogP contribution in [-0.2, 0) is 0 Å². The summed E-state index contributed by atoms with van der Waals surface area (Å²) in [5.41, 5.74) is 10.9. The summed E-state index contributed by atoms with van der Waals surface area (Å²) in [7, 11) is 0. The first-order chi connectivity index (χ1) is 10.6. The van der Waals surface area contributed by atoms with Crippen LogP contribution in [0.2, 0.25) is 0 Å². The first-order valence-electron chi connectivity index (χ1n) is 7.83. The Morgan fingerprint density at radius 2 is 1.65 bits per heavy atom. The van der Waals surface area contributed by atoms with E-state index in [4.69, 9.17) is 5.73 Å². The van der Waals surface area contributed by atoms with Crippen LogP contribution < -0.4 is 11.1 Å². The Morgan fingerprint density at radius 1 is 1.04 bits per heavy atom. The van der Waals surface area contributed by atoms with E-state index >= 15 is 0 Å². The van der Waals surface area contributed by atoms with Crippen LogP contribution in [-0.4, -0.2) is 12.0 Å². The van der Waals surface area contributed by atoms with E-state index in [1.54, 1.807) is 0 Å². The first-order valence-corrected chi connectivity index (χ1v) is 7.83. The zero-order valence-electron chi connectivity index (χ0n) is 13.6. The zero-order chi connectivity index (χ0) is 15.5. The highest BCUT2D eigenvalue weighted by molar-refractivity contribution is 14.0. The van der Waals surface area contributed by atoms with Gasteiger partial charge in [-0.15, -0.1) is 24.0 Å². The third-order valence-corrected chi connectivity index (χ3v) is 4.20. The van der Waals surface area contributed by atoms with E-state index in [0.717, 1.165) is 18.5 Å². The molecule has 0 amide bonds. The van der Waals surface area contributed by atoms with E-state index in [2.05, 4.69) is 72.7 Å². The average Bonchev–Trinajstić information content (AvgIpc) is 2.42. The Labute approximate surface area is 155 Å². The maximum absolute atomic E-state index is 6.04. The van der Waals surface area contributed by atoms with E-state index in [0.29, 0.717) is 17.9 Å². The molecule has 0 radical (unpaired) electrons. The summed E-state index contributed by atoms with van der Waals surface area (Å²) in [4.78, 5) is 4.60. The molecule has 0 aromatic heterocycles. The van der Waals surface area contributed by atoms with Crippen molar-refractivity contribution in [3.8, 4) is 0 Å². The second-order valence-electron chi connectivity index (χ2n) is 6.25. The Kier molecular flexibility index (Phi) is 6.04. The molecule has 0 spiro atoms. The lowest BCUT2D eigenvalue weighted by Gasteiger charge is -2.33. The Bertz CT molecular complexity index is 656. The summed E-state index contributed by atoms with van der Waals surface area (Å²) < 4.78 is 0. The molecule has 0 aliphatic heterocycles. The number of hydrogen-bond acceptors (Lipinski definition) is 1. The van der Waals surface area contributed by atoms with Crippen molar-refractivity contribution in [1.82, 2.24) is 0 Å². The van der Waals surface area contributed by atoms with Gasteiger partial charge < -0.3 is 11.1 Å². The van der Waals surface area contributed by atoms with E-state index in [-0.39, 0.29) is 24.0 Å². The lowest BCUT2D eigenvalue weighted by molar-refractivity contribution is 0.353. The van der Waals surface area contributed by atoms with Crippen molar-refractivity contribution in [3.63, 3.8) is 0 Å². The number of hydrogen-bond donors (Lipinski definition) is 2. The van der Waals surface area contributed by atoms with Crippen LogP contribution in [0.25, 0.3) is 0 Å². The van der Waals surface area contributed by atoms with Gasteiger partial charge in [0.2, 0.25) is 0 Å². The molecule has 2 aromatic rings. The molecule has 1 saturated carbocycles. The fraction of sp³-hybridized carbons (Fsp3) is 0.316. The molecule has 0 unspecified atom stereocenters. The number of aryl methyl sites for hydroxylation is 2. The number of anilines is 1. The van der Waals surface area contributed by atoms with Gasteiger partial charge in [0.05, 0.1) is 6.04 Å². The van der Waals surface area contributed by atoms with Crippen molar-refractivity contribution in [2.45, 2.75) is 38.6 Å². The second kappa shape index (κ2) is 7.81. The molecule has 1 aliphatic carbocycles. The molecule has 23 heavy (non-hydrogen) atoms. The molecular formula is C19H24IN3. The van der Waals surface area contributed by atoms with Crippen LogP contribution in [0, 0.1) is 13.8 Å². The molecule has 1 fully saturated rings. The maximum atomic E-state index is 6.04. The van der Waals surface area contributed by atoms with Crippen LogP contribution in [0.15, 0.2) is 53.5 Å². The van der Waals surface area contributed by atoms with E-state index < -0.39 is 0 Å². The van der Waals surface area contributed by atoms with E-state index in [1.807, 2.05) is 0 Å². The zero-order valence-corrected chi connectivity index (χ0v) is 16.0. The molecule has 4 heteroatoms. The Morgan fingerprint density at radius 3 is 2.26 bits per heavy atom. The van der Waals surface area contributed by atoms with Crippen molar-refractivity contribution < 1.29 is 0 Å². The summed E-state index contributed by atoms with van der Waals surface area (Å²) in [5.74, 6) is 1.14. The van der Waals surface area contributed by atoms with Gasteiger partial charge in [0.25, 0.3) is 0 Å². The molecule has 3 rings (SSSR count). The number of nitrogens with two attached hydrogens (primary N) is 1. The van der Waals surface area contributed by atoms with Crippen LogP contribution in [0.3, 0.4) is 0 Å². The molecular weight excluding hydrogens is 397 g/mol. The van der Waals surface area contributed by atoms with Crippen molar-refractivity contribution in [3.05, 3.63) is 65.2 Å². The number of guanidine groups is 1. The minimum Gasteiger partial charge on any atom is -0.370 e. The van der Waals surface area contributed by atoms with Gasteiger partial charge in [-0.05, 0) is 61.4 Å². The minimum atomic E-state index is 0. The Hall–Kier alpha value is -1.56. The number of nitrogens with zero attached hydrogens (tertiary/aromatic N) is 1. The number of nitrogens with one attached hydrogen (secondary N) is 1. The van der Waals surface area contributed by atoms with Crippen LogP contribution >= 0.6 is 24.0 Å². The molecule has 122 valence electrons. The molecule has 0 saturated heterocycles. The molecule has 2 aromatic carbocycles. The standard InChI is InChI=1S/C19H23N3.HI/c1-13-8-14(2)10-17(9-13)21-19(20)22-18-11-16(12-18)15-6-4-3-5-7-15;/h3-10,16,18H,11-12H2,1-2H3,(H3,20,21,22);1H. The minimum absolute atomic E-state index is 0. The predicted molar refractivity (Wildman–Crippen MR) is 109 cm³/mol. The monoisotopic (exact) mass is 421 g/mol. The van der Waals surface area contributed by atoms with Gasteiger partial charge in [0.15, 0.2) is 5.96 Å². The van der Waals surface area contributed by atoms with Crippen LogP contribution in [0.5, 0.6) is 0 Å². The number of benzene rings is 2. The fourth-order valence-electron chi connectivity index (χ4n) is 3.11. The third kappa shape index (κ3) is 4.70. The average molecular weight is 421 g/mol. The molecule has 0 heterocycles. The van der Waals surface area contributed by atoms with E-state index in [9.17, 15) is 0 Å². The normalized spacial score (nSPS) is 20.3. The number of aliphatic imine (C=N–C) groups is 1. The molecule has 3 nitrogen and oxygen atoms in total. The number of rotatable bonds is 3. The topological polar surface area (TPSA) is 50.4 Å². The highest BCUT2D eigenvalue weighted by Crippen LogP contribution is 2.38. The molecule has 3 N–H and O–H groups in total. The summed E-state index contributed by atoms with van der Waals surface area (Å²) in [5, 5.41) is 3.21. The van der Waals surface area contributed by atoms with Crippen molar-refractivity contribution >= 4 is 35.6 Å². The van der Waals surface area contributed by atoms with Gasteiger partial charge in [0.1, 0.15) is 0 Å². The van der Waals surface area contributed by atoms with Gasteiger partial charge >= 0.3 is 0 Å². The molecule has 1 aliphatic rings. The first kappa shape index (κ1) is 17.8. The fourth-order valence-corrected chi connectivity index (χ4v) is 3.11. The van der Waals surface area contributed by atoms with Gasteiger partial charge in [-0.2, -0.15) is 0 Å². The lowest BCUT2D eigenvalue weighted by Crippen LogP contribution is -2.31. The van der Waals surface area contributed by atoms with Crippen LogP contribution in [0.4, 0.5) is 5.69 Å². The predicted octanol–water partition coefficient (Wildman–Crippen LogP) is 4.59. The van der Waals surface area contributed by atoms with E-state index in [1.165, 1.54) is 16.7 Å². The second-order valence-corrected chi connectivity index (χ2v) is 6.25. The summed E-state index contributed by atoms with van der Waals surface area (Å²) in [6.07, 6.45) is 2.17. The quantitative estimate of drug-likeness (QED) is 0.433. The highest BCUT2D eigenvalue weighted by Gasteiger charge is 2.30. The summed E-state index contributed by atoms with van der Waals surface area (Å²) >= 11 is 0. The maximum Gasteiger partial charge on any atom is 0.193 e. The van der Waals surface area contributed by atoms with Crippen molar-refractivity contribution in [2.24, 2.45) is 10.7 Å². The smallest absolute Gasteiger partial charge is 0.193 e. The van der Waals surface area contributed by atoms with Crippen molar-refractivity contribution in [2.75, 3.05) is 5.32 Å². The van der Waals surface area contributed by atoms with Crippen molar-refractivity contribution in [1.29, 1.82) is 0 Å². The van der Waals surface area contributed by atoms with Gasteiger partial charge in [-0.3, -0.25) is 0 Å². The molecule has 0 atom stereocenters. The summed E-state index contributed by atoms with van der Waals surface area (Å²) in [6.45, 7) is 4.17. The third-order valence-electron chi connectivity index (χ3n) is 4.20. The van der Waals surface area contributed by atoms with Gasteiger partial charge in [-0.1, -0.05) is 36.4 Å². The largest absolute Gasteiger partial charge is 0.370 e.